The van der Waals surface area contributed by atoms with Crippen LogP contribution in [0.3, 0.4) is 0 Å². The van der Waals surface area contributed by atoms with E-state index in [1.54, 1.807) is 18.2 Å². The molecule has 0 aliphatic carbocycles. The average molecular weight is 423 g/mol. The largest absolute Gasteiger partial charge is 0.492 e. The van der Waals surface area contributed by atoms with Gasteiger partial charge in [0.25, 0.3) is 0 Å². The SMILES string of the molecule is O=C(CCC(=O)c1ccc2c(c1)OCCO2)NCCOc1ccc(C(F)(F)F)cc1. The smallest absolute Gasteiger partial charge is 0.416 e. The number of carbonyl (C=O) groups excluding carboxylic acids is 2. The first kappa shape index (κ1) is 21.5. The first-order valence-electron chi connectivity index (χ1n) is 9.32. The van der Waals surface area contributed by atoms with E-state index >= 15 is 0 Å². The molecule has 9 heteroatoms. The zero-order valence-electron chi connectivity index (χ0n) is 16.0. The first-order chi connectivity index (χ1) is 14.3. The summed E-state index contributed by atoms with van der Waals surface area (Å²) in [5.41, 5.74) is -0.316. The predicted molar refractivity (Wildman–Crippen MR) is 101 cm³/mol. The summed E-state index contributed by atoms with van der Waals surface area (Å²) in [6.07, 6.45) is -4.36. The number of ketones is 1. The first-order valence-corrected chi connectivity index (χ1v) is 9.32. The number of hydrogen-bond donors (Lipinski definition) is 1. The van der Waals surface area contributed by atoms with Crippen molar-refractivity contribution in [3.05, 3.63) is 53.6 Å². The van der Waals surface area contributed by atoms with Gasteiger partial charge in [0, 0.05) is 18.4 Å². The van der Waals surface area contributed by atoms with E-state index < -0.39 is 11.7 Å². The monoisotopic (exact) mass is 423 g/mol. The fraction of sp³-hybridized carbons (Fsp3) is 0.333. The van der Waals surface area contributed by atoms with Crippen LogP contribution in [0.25, 0.3) is 0 Å². The molecule has 1 aliphatic rings. The maximum Gasteiger partial charge on any atom is 0.416 e. The molecule has 0 spiro atoms. The summed E-state index contributed by atoms with van der Waals surface area (Å²) in [5, 5.41) is 2.60. The molecule has 0 fully saturated rings. The molecule has 0 radical (unpaired) electrons. The van der Waals surface area contributed by atoms with Crippen molar-refractivity contribution >= 4 is 11.7 Å². The second-order valence-corrected chi connectivity index (χ2v) is 6.50. The van der Waals surface area contributed by atoms with Crippen molar-refractivity contribution in [3.8, 4) is 17.2 Å². The minimum absolute atomic E-state index is 0.00749. The summed E-state index contributed by atoms with van der Waals surface area (Å²) in [6.45, 7) is 1.13. The number of hydrogen-bond acceptors (Lipinski definition) is 5. The molecule has 0 saturated carbocycles. The molecule has 1 amide bonds. The van der Waals surface area contributed by atoms with Crippen LogP contribution in [0.2, 0.25) is 0 Å². The van der Waals surface area contributed by atoms with E-state index in [4.69, 9.17) is 14.2 Å². The van der Waals surface area contributed by atoms with E-state index in [-0.39, 0.29) is 43.4 Å². The normalized spacial score (nSPS) is 12.9. The van der Waals surface area contributed by atoms with Gasteiger partial charge in [0.05, 0.1) is 12.1 Å². The fourth-order valence-electron chi connectivity index (χ4n) is 2.78. The van der Waals surface area contributed by atoms with E-state index in [2.05, 4.69) is 5.32 Å². The number of ether oxygens (including phenoxy) is 3. The van der Waals surface area contributed by atoms with Crippen molar-refractivity contribution in [2.75, 3.05) is 26.4 Å². The second kappa shape index (κ2) is 9.51. The molecule has 3 rings (SSSR count). The van der Waals surface area contributed by atoms with Crippen LogP contribution in [0, 0.1) is 0 Å². The maximum absolute atomic E-state index is 12.5. The van der Waals surface area contributed by atoms with Gasteiger partial charge in [-0.2, -0.15) is 13.2 Å². The lowest BCUT2D eigenvalue weighted by molar-refractivity contribution is -0.137. The van der Waals surface area contributed by atoms with Crippen molar-refractivity contribution in [1.29, 1.82) is 0 Å². The number of rotatable bonds is 8. The van der Waals surface area contributed by atoms with Crippen molar-refractivity contribution in [2.24, 2.45) is 0 Å². The summed E-state index contributed by atoms with van der Waals surface area (Å²) >= 11 is 0. The summed E-state index contributed by atoms with van der Waals surface area (Å²) in [6, 6.07) is 9.20. The third-order valence-electron chi connectivity index (χ3n) is 4.32. The number of fused-ring (bicyclic) bond motifs is 1. The van der Waals surface area contributed by atoms with Crippen LogP contribution >= 0.6 is 0 Å². The van der Waals surface area contributed by atoms with Crippen LogP contribution in [0.5, 0.6) is 17.2 Å². The molecule has 0 unspecified atom stereocenters. The Morgan fingerprint density at radius 2 is 1.67 bits per heavy atom. The van der Waals surface area contributed by atoms with Crippen LogP contribution < -0.4 is 19.5 Å². The Morgan fingerprint density at radius 3 is 2.37 bits per heavy atom. The van der Waals surface area contributed by atoms with Crippen molar-refractivity contribution in [2.45, 2.75) is 19.0 Å². The predicted octanol–water partition coefficient (Wildman–Crippen LogP) is 3.63. The number of halogens is 3. The van der Waals surface area contributed by atoms with E-state index in [1.165, 1.54) is 12.1 Å². The van der Waals surface area contributed by atoms with Crippen LogP contribution in [-0.2, 0) is 11.0 Å². The number of carbonyl (C=O) groups is 2. The van der Waals surface area contributed by atoms with E-state index in [0.717, 1.165) is 12.1 Å². The van der Waals surface area contributed by atoms with E-state index in [9.17, 15) is 22.8 Å². The highest BCUT2D eigenvalue weighted by atomic mass is 19.4. The molecule has 6 nitrogen and oxygen atoms in total. The molecule has 0 atom stereocenters. The van der Waals surface area contributed by atoms with Crippen LogP contribution in [0.15, 0.2) is 42.5 Å². The van der Waals surface area contributed by atoms with E-state index in [0.29, 0.717) is 30.3 Å². The van der Waals surface area contributed by atoms with Gasteiger partial charge in [-0.1, -0.05) is 0 Å². The van der Waals surface area contributed by atoms with Gasteiger partial charge in [-0.05, 0) is 42.5 Å². The van der Waals surface area contributed by atoms with Crippen LogP contribution in [0.4, 0.5) is 13.2 Å². The van der Waals surface area contributed by atoms with Crippen LogP contribution in [0.1, 0.15) is 28.8 Å². The summed E-state index contributed by atoms with van der Waals surface area (Å²) in [4.78, 5) is 24.2. The Hall–Kier alpha value is -3.23. The Balaban J connectivity index is 1.36. The number of Topliss-reactive ketones (excluding diaryl/α,β-unsaturated/α-hetero) is 1. The number of nitrogens with one attached hydrogen (secondary N) is 1. The molecule has 0 saturated heterocycles. The molecule has 2 aromatic rings. The Kier molecular flexibility index (Phi) is 6.81. The lowest BCUT2D eigenvalue weighted by atomic mass is 10.1. The fourth-order valence-corrected chi connectivity index (χ4v) is 2.78. The minimum atomic E-state index is -4.40. The van der Waals surface area contributed by atoms with Gasteiger partial charge in [0.1, 0.15) is 25.6 Å². The lowest BCUT2D eigenvalue weighted by Crippen LogP contribution is -2.28. The summed E-state index contributed by atoms with van der Waals surface area (Å²) in [5.74, 6) is 0.853. The molecule has 2 aromatic carbocycles. The zero-order chi connectivity index (χ0) is 21.6. The third kappa shape index (κ3) is 5.88. The van der Waals surface area contributed by atoms with Gasteiger partial charge in [0.15, 0.2) is 17.3 Å². The molecule has 0 aromatic heterocycles. The van der Waals surface area contributed by atoms with Gasteiger partial charge in [-0.25, -0.2) is 0 Å². The second-order valence-electron chi connectivity index (χ2n) is 6.50. The quantitative estimate of drug-likeness (QED) is 0.519. The molecule has 30 heavy (non-hydrogen) atoms. The van der Waals surface area contributed by atoms with Gasteiger partial charge in [0.2, 0.25) is 5.91 Å². The standard InChI is InChI=1S/C21H20F3NO5/c22-21(23,24)15-2-4-16(5-3-15)28-10-9-25-20(27)8-6-17(26)14-1-7-18-19(13-14)30-12-11-29-18/h1-5,7,13H,6,8-12H2,(H,25,27). The van der Waals surface area contributed by atoms with Crippen molar-refractivity contribution in [1.82, 2.24) is 5.32 Å². The van der Waals surface area contributed by atoms with Crippen LogP contribution in [-0.4, -0.2) is 38.1 Å². The minimum Gasteiger partial charge on any atom is -0.492 e. The molecular weight excluding hydrogens is 403 g/mol. The molecule has 1 heterocycles. The highest BCUT2D eigenvalue weighted by Gasteiger charge is 2.30. The average Bonchev–Trinajstić information content (AvgIpc) is 2.74. The van der Waals surface area contributed by atoms with E-state index in [1.807, 2.05) is 0 Å². The number of amides is 1. The topological polar surface area (TPSA) is 73.9 Å². The zero-order valence-corrected chi connectivity index (χ0v) is 16.0. The van der Waals surface area contributed by atoms with Crippen molar-refractivity contribution in [3.63, 3.8) is 0 Å². The van der Waals surface area contributed by atoms with Gasteiger partial charge in [-0.3, -0.25) is 9.59 Å². The summed E-state index contributed by atoms with van der Waals surface area (Å²) < 4.78 is 53.6. The Labute approximate surface area is 170 Å². The van der Waals surface area contributed by atoms with Gasteiger partial charge < -0.3 is 19.5 Å². The highest BCUT2D eigenvalue weighted by molar-refractivity contribution is 5.98. The maximum atomic E-state index is 12.5. The Morgan fingerprint density at radius 1 is 0.967 bits per heavy atom. The third-order valence-corrected chi connectivity index (χ3v) is 4.32. The highest BCUT2D eigenvalue weighted by Crippen LogP contribution is 2.31. The molecule has 1 N–H and O–H groups in total. The Bertz CT molecular complexity index is 897. The molecule has 0 bridgehead atoms. The van der Waals surface area contributed by atoms with Crippen molar-refractivity contribution < 1.29 is 37.0 Å². The number of benzene rings is 2. The molecule has 160 valence electrons. The number of alkyl halides is 3. The molecular formula is C21H20F3NO5. The molecule has 1 aliphatic heterocycles. The summed E-state index contributed by atoms with van der Waals surface area (Å²) in [7, 11) is 0. The van der Waals surface area contributed by atoms with Gasteiger partial charge >= 0.3 is 6.18 Å². The lowest BCUT2D eigenvalue weighted by Gasteiger charge is -2.18. The van der Waals surface area contributed by atoms with Gasteiger partial charge in [-0.15, -0.1) is 0 Å².